The van der Waals surface area contributed by atoms with E-state index < -0.39 is 0 Å². The lowest BCUT2D eigenvalue weighted by Crippen LogP contribution is -2.11. The number of hydrogen-bond donors (Lipinski definition) is 1. The highest BCUT2D eigenvalue weighted by Crippen LogP contribution is 2.22. The summed E-state index contributed by atoms with van der Waals surface area (Å²) >= 11 is 0. The molecule has 0 radical (unpaired) electrons. The van der Waals surface area contributed by atoms with Gasteiger partial charge in [0, 0.05) is 24.5 Å². The highest BCUT2D eigenvalue weighted by Gasteiger charge is 2.09. The molecule has 0 spiro atoms. The minimum atomic E-state index is 0.289. The van der Waals surface area contributed by atoms with Crippen LogP contribution >= 0.6 is 0 Å². The SMILES string of the molecule is CC(C)OCCCNc1nc(C(C)C)nc2ccccc12. The third-order valence-electron chi connectivity index (χ3n) is 3.20. The fraction of sp³-hybridized carbons (Fsp3) is 0.529. The second-order valence-corrected chi connectivity index (χ2v) is 5.80. The molecule has 0 atom stereocenters. The van der Waals surface area contributed by atoms with Crippen LogP contribution in [-0.4, -0.2) is 29.2 Å². The molecule has 0 aliphatic heterocycles. The number of ether oxygens (including phenoxy) is 1. The van der Waals surface area contributed by atoms with Crippen LogP contribution in [0.4, 0.5) is 5.82 Å². The largest absolute Gasteiger partial charge is 0.379 e. The van der Waals surface area contributed by atoms with E-state index in [0.717, 1.165) is 42.1 Å². The number of nitrogens with zero attached hydrogens (tertiary/aromatic N) is 2. The van der Waals surface area contributed by atoms with E-state index in [0.29, 0.717) is 5.92 Å². The zero-order valence-corrected chi connectivity index (χ0v) is 13.4. The zero-order chi connectivity index (χ0) is 15.2. The van der Waals surface area contributed by atoms with Gasteiger partial charge in [0.2, 0.25) is 0 Å². The molecule has 0 amide bonds. The average Bonchev–Trinajstić information content (AvgIpc) is 2.46. The van der Waals surface area contributed by atoms with E-state index in [1.807, 2.05) is 18.2 Å². The molecule has 1 heterocycles. The van der Waals surface area contributed by atoms with Crippen LogP contribution in [0.3, 0.4) is 0 Å². The van der Waals surface area contributed by atoms with Crippen molar-refractivity contribution in [3.63, 3.8) is 0 Å². The molecule has 2 rings (SSSR count). The third-order valence-corrected chi connectivity index (χ3v) is 3.20. The number of nitrogens with one attached hydrogen (secondary N) is 1. The Morgan fingerprint density at radius 2 is 1.86 bits per heavy atom. The molecule has 21 heavy (non-hydrogen) atoms. The Hall–Kier alpha value is -1.68. The fourth-order valence-corrected chi connectivity index (χ4v) is 2.09. The second-order valence-electron chi connectivity index (χ2n) is 5.80. The number of aromatic nitrogens is 2. The van der Waals surface area contributed by atoms with Crippen molar-refractivity contribution in [2.24, 2.45) is 0 Å². The van der Waals surface area contributed by atoms with E-state index in [4.69, 9.17) is 4.74 Å². The summed E-state index contributed by atoms with van der Waals surface area (Å²) in [5.74, 6) is 2.13. The molecule has 2 aromatic rings. The predicted molar refractivity (Wildman–Crippen MR) is 87.8 cm³/mol. The Morgan fingerprint density at radius 1 is 1.10 bits per heavy atom. The smallest absolute Gasteiger partial charge is 0.137 e. The first kappa shape index (κ1) is 15.7. The first-order valence-corrected chi connectivity index (χ1v) is 7.70. The van der Waals surface area contributed by atoms with Crippen LogP contribution in [0.15, 0.2) is 24.3 Å². The van der Waals surface area contributed by atoms with Crippen molar-refractivity contribution < 1.29 is 4.74 Å². The van der Waals surface area contributed by atoms with Crippen molar-refractivity contribution in [3.05, 3.63) is 30.1 Å². The summed E-state index contributed by atoms with van der Waals surface area (Å²) in [5.41, 5.74) is 0.997. The van der Waals surface area contributed by atoms with Gasteiger partial charge in [-0.05, 0) is 32.4 Å². The molecule has 0 saturated carbocycles. The van der Waals surface area contributed by atoms with Gasteiger partial charge in [-0.1, -0.05) is 26.0 Å². The quantitative estimate of drug-likeness (QED) is 0.782. The Balaban J connectivity index is 2.10. The molecule has 1 N–H and O–H groups in total. The van der Waals surface area contributed by atoms with E-state index in [1.54, 1.807) is 0 Å². The van der Waals surface area contributed by atoms with Crippen LogP contribution in [0.5, 0.6) is 0 Å². The second kappa shape index (κ2) is 7.36. The molecule has 0 bridgehead atoms. The molecule has 0 saturated heterocycles. The molecule has 0 fully saturated rings. The molecule has 1 aromatic carbocycles. The van der Waals surface area contributed by atoms with Gasteiger partial charge in [-0.3, -0.25) is 0 Å². The molecule has 4 heteroatoms. The Morgan fingerprint density at radius 3 is 2.57 bits per heavy atom. The van der Waals surface area contributed by atoms with Crippen LogP contribution in [0.1, 0.15) is 45.9 Å². The molecule has 114 valence electrons. The number of fused-ring (bicyclic) bond motifs is 1. The van der Waals surface area contributed by atoms with Crippen LogP contribution in [0.2, 0.25) is 0 Å². The van der Waals surface area contributed by atoms with Crippen molar-refractivity contribution in [1.82, 2.24) is 9.97 Å². The van der Waals surface area contributed by atoms with Crippen LogP contribution in [0, 0.1) is 0 Å². The average molecular weight is 287 g/mol. The van der Waals surface area contributed by atoms with Crippen molar-refractivity contribution in [2.45, 2.75) is 46.1 Å². The Bertz CT molecular complexity index is 581. The highest BCUT2D eigenvalue weighted by molar-refractivity contribution is 5.89. The summed E-state index contributed by atoms with van der Waals surface area (Å²) in [6, 6.07) is 8.13. The van der Waals surface area contributed by atoms with Gasteiger partial charge in [0.05, 0.1) is 11.6 Å². The van der Waals surface area contributed by atoms with Gasteiger partial charge in [0.15, 0.2) is 0 Å². The van der Waals surface area contributed by atoms with Gasteiger partial charge in [0.1, 0.15) is 11.6 Å². The highest BCUT2D eigenvalue weighted by atomic mass is 16.5. The first-order chi connectivity index (χ1) is 10.1. The van der Waals surface area contributed by atoms with E-state index in [-0.39, 0.29) is 6.10 Å². The standard InChI is InChI=1S/C17H25N3O/c1-12(2)16-19-15-9-6-5-8-14(15)17(20-16)18-10-7-11-21-13(3)4/h5-6,8-9,12-13H,7,10-11H2,1-4H3,(H,18,19,20). The lowest BCUT2D eigenvalue weighted by molar-refractivity contribution is 0.0787. The van der Waals surface area contributed by atoms with Gasteiger partial charge in [-0.15, -0.1) is 0 Å². The lowest BCUT2D eigenvalue weighted by Gasteiger charge is -2.13. The third kappa shape index (κ3) is 4.39. The molecule has 0 aliphatic rings. The minimum absolute atomic E-state index is 0.289. The summed E-state index contributed by atoms with van der Waals surface area (Å²) in [6.07, 6.45) is 1.26. The summed E-state index contributed by atoms with van der Waals surface area (Å²) in [7, 11) is 0. The van der Waals surface area contributed by atoms with Gasteiger partial charge >= 0.3 is 0 Å². The number of para-hydroxylation sites is 1. The van der Waals surface area contributed by atoms with Crippen LogP contribution < -0.4 is 5.32 Å². The zero-order valence-electron chi connectivity index (χ0n) is 13.4. The van der Waals surface area contributed by atoms with E-state index in [2.05, 4.69) is 49.0 Å². The maximum Gasteiger partial charge on any atom is 0.137 e. The van der Waals surface area contributed by atoms with Crippen LogP contribution in [-0.2, 0) is 4.74 Å². The van der Waals surface area contributed by atoms with Crippen LogP contribution in [0.25, 0.3) is 10.9 Å². The summed E-state index contributed by atoms with van der Waals surface area (Å²) < 4.78 is 5.56. The van der Waals surface area contributed by atoms with E-state index in [9.17, 15) is 0 Å². The predicted octanol–water partition coefficient (Wildman–Crippen LogP) is 3.98. The van der Waals surface area contributed by atoms with Crippen molar-refractivity contribution in [3.8, 4) is 0 Å². The molecular formula is C17H25N3O. The maximum absolute atomic E-state index is 5.56. The summed E-state index contributed by atoms with van der Waals surface area (Å²) in [4.78, 5) is 9.30. The Labute approximate surface area is 127 Å². The fourth-order valence-electron chi connectivity index (χ4n) is 2.09. The maximum atomic E-state index is 5.56. The van der Waals surface area contributed by atoms with Crippen molar-refractivity contribution in [2.75, 3.05) is 18.5 Å². The molecule has 0 aliphatic carbocycles. The monoisotopic (exact) mass is 287 g/mol. The number of anilines is 1. The van der Waals surface area contributed by atoms with Crippen molar-refractivity contribution in [1.29, 1.82) is 0 Å². The molecule has 1 aromatic heterocycles. The lowest BCUT2D eigenvalue weighted by atomic mass is 10.1. The summed E-state index contributed by atoms with van der Waals surface area (Å²) in [5, 5.41) is 4.50. The number of hydrogen-bond acceptors (Lipinski definition) is 4. The summed E-state index contributed by atoms with van der Waals surface area (Å²) in [6.45, 7) is 9.96. The first-order valence-electron chi connectivity index (χ1n) is 7.70. The van der Waals surface area contributed by atoms with Crippen molar-refractivity contribution >= 4 is 16.7 Å². The van der Waals surface area contributed by atoms with E-state index in [1.165, 1.54) is 0 Å². The van der Waals surface area contributed by atoms with Gasteiger partial charge in [-0.2, -0.15) is 0 Å². The topological polar surface area (TPSA) is 47.0 Å². The Kier molecular flexibility index (Phi) is 5.51. The molecular weight excluding hydrogens is 262 g/mol. The number of benzene rings is 1. The minimum Gasteiger partial charge on any atom is -0.379 e. The van der Waals surface area contributed by atoms with Gasteiger partial charge in [0.25, 0.3) is 0 Å². The van der Waals surface area contributed by atoms with Gasteiger partial charge < -0.3 is 10.1 Å². The van der Waals surface area contributed by atoms with E-state index >= 15 is 0 Å². The van der Waals surface area contributed by atoms with Gasteiger partial charge in [-0.25, -0.2) is 9.97 Å². The number of rotatable bonds is 7. The normalized spacial score (nSPS) is 11.5. The molecule has 4 nitrogen and oxygen atoms in total. The molecule has 0 unspecified atom stereocenters.